The van der Waals surface area contributed by atoms with Crippen LogP contribution in [0.15, 0.2) is 22.5 Å². The fourth-order valence-corrected chi connectivity index (χ4v) is 2.56. The Balaban J connectivity index is 1.81. The summed E-state index contributed by atoms with van der Waals surface area (Å²) in [6.45, 7) is 3.23. The van der Waals surface area contributed by atoms with Gasteiger partial charge in [-0.25, -0.2) is 0 Å². The van der Waals surface area contributed by atoms with Crippen LogP contribution in [0.25, 0.3) is 0 Å². The first-order valence-corrected chi connectivity index (χ1v) is 6.05. The molecule has 0 bridgehead atoms. The maximum absolute atomic E-state index is 4.41. The van der Waals surface area contributed by atoms with E-state index in [0.29, 0.717) is 6.04 Å². The van der Waals surface area contributed by atoms with Gasteiger partial charge in [0, 0.05) is 30.3 Å². The van der Waals surface area contributed by atoms with E-state index in [2.05, 4.69) is 34.7 Å². The number of aliphatic imine (C=N–C) groups is 1. The van der Waals surface area contributed by atoms with Gasteiger partial charge in [-0.1, -0.05) is 6.07 Å². The predicted molar refractivity (Wildman–Crippen MR) is 62.2 cm³/mol. The third-order valence-electron chi connectivity index (χ3n) is 2.37. The van der Waals surface area contributed by atoms with Crippen LogP contribution in [0.4, 0.5) is 0 Å². The Morgan fingerprint density at radius 1 is 1.64 bits per heavy atom. The van der Waals surface area contributed by atoms with Crippen molar-refractivity contribution >= 4 is 17.2 Å². The quantitative estimate of drug-likeness (QED) is 0.810. The molecule has 0 saturated carbocycles. The molecule has 1 aromatic rings. The van der Waals surface area contributed by atoms with Crippen LogP contribution in [0.1, 0.15) is 24.6 Å². The van der Waals surface area contributed by atoms with Crippen molar-refractivity contribution in [3.8, 4) is 0 Å². The van der Waals surface area contributed by atoms with Crippen molar-refractivity contribution < 1.29 is 0 Å². The highest BCUT2D eigenvalue weighted by molar-refractivity contribution is 7.09. The van der Waals surface area contributed by atoms with Crippen molar-refractivity contribution in [1.29, 1.82) is 0 Å². The van der Waals surface area contributed by atoms with Crippen LogP contribution in [-0.4, -0.2) is 18.4 Å². The van der Waals surface area contributed by atoms with Gasteiger partial charge in [-0.3, -0.25) is 4.99 Å². The zero-order chi connectivity index (χ0) is 9.80. The molecule has 0 fully saturated rings. The van der Waals surface area contributed by atoms with Crippen LogP contribution < -0.4 is 5.32 Å². The summed E-state index contributed by atoms with van der Waals surface area (Å²) < 4.78 is 0. The van der Waals surface area contributed by atoms with Gasteiger partial charge in [-0.05, 0) is 24.8 Å². The van der Waals surface area contributed by atoms with E-state index in [-0.39, 0.29) is 0 Å². The van der Waals surface area contributed by atoms with Crippen molar-refractivity contribution in [2.75, 3.05) is 6.54 Å². The topological polar surface area (TPSA) is 24.4 Å². The zero-order valence-electron chi connectivity index (χ0n) is 8.49. The number of nitrogens with one attached hydrogen (secondary N) is 1. The van der Waals surface area contributed by atoms with Gasteiger partial charge >= 0.3 is 0 Å². The predicted octanol–water partition coefficient (Wildman–Crippen LogP) is 2.46. The molecule has 2 rings (SSSR count). The minimum absolute atomic E-state index is 0.505. The molecule has 1 N–H and O–H groups in total. The van der Waals surface area contributed by atoms with E-state index in [0.717, 1.165) is 19.4 Å². The summed E-state index contributed by atoms with van der Waals surface area (Å²) in [5, 5.41) is 5.61. The lowest BCUT2D eigenvalue weighted by Gasteiger charge is -2.13. The third kappa shape index (κ3) is 2.58. The molecule has 0 spiro atoms. The summed E-state index contributed by atoms with van der Waals surface area (Å²) in [6, 6.07) is 4.81. The van der Waals surface area contributed by atoms with E-state index in [9.17, 15) is 0 Å². The molecule has 0 aromatic carbocycles. The molecular formula is C11H16N2S. The summed E-state index contributed by atoms with van der Waals surface area (Å²) >= 11 is 1.83. The second-order valence-electron chi connectivity index (χ2n) is 3.76. The average Bonchev–Trinajstić information content (AvgIpc) is 2.76. The van der Waals surface area contributed by atoms with Crippen molar-refractivity contribution in [2.45, 2.75) is 32.2 Å². The summed E-state index contributed by atoms with van der Waals surface area (Å²) in [4.78, 5) is 5.86. The number of thiophene rings is 1. The van der Waals surface area contributed by atoms with Crippen molar-refractivity contribution in [3.63, 3.8) is 0 Å². The van der Waals surface area contributed by atoms with Gasteiger partial charge in [0.05, 0.1) is 5.84 Å². The molecule has 1 unspecified atom stereocenters. The molecule has 2 nitrogen and oxygen atoms in total. The fraction of sp³-hybridized carbons (Fsp3) is 0.545. The van der Waals surface area contributed by atoms with E-state index >= 15 is 0 Å². The van der Waals surface area contributed by atoms with Gasteiger partial charge in [0.2, 0.25) is 0 Å². The van der Waals surface area contributed by atoms with Crippen molar-refractivity contribution in [2.24, 2.45) is 4.99 Å². The molecule has 0 amide bonds. The monoisotopic (exact) mass is 208 g/mol. The summed E-state index contributed by atoms with van der Waals surface area (Å²) in [7, 11) is 0. The highest BCUT2D eigenvalue weighted by atomic mass is 32.1. The smallest absolute Gasteiger partial charge is 0.0965 e. The molecule has 1 aliphatic rings. The largest absolute Gasteiger partial charge is 0.371 e. The number of nitrogens with zero attached hydrogens (tertiary/aromatic N) is 1. The summed E-state index contributed by atoms with van der Waals surface area (Å²) in [5.41, 5.74) is 0. The highest BCUT2D eigenvalue weighted by Crippen LogP contribution is 2.11. The molecule has 3 heteroatoms. The minimum Gasteiger partial charge on any atom is -0.371 e. The lowest BCUT2D eigenvalue weighted by molar-refractivity contribution is 0.661. The van der Waals surface area contributed by atoms with Crippen LogP contribution in [-0.2, 0) is 6.42 Å². The van der Waals surface area contributed by atoms with Crippen molar-refractivity contribution in [3.05, 3.63) is 22.4 Å². The molecule has 0 aliphatic carbocycles. The van der Waals surface area contributed by atoms with E-state index in [1.54, 1.807) is 0 Å². The molecule has 0 saturated heterocycles. The standard InChI is InChI=1S/C11H16N2S/c1-9(8-10-4-3-7-14-10)13-11-5-2-6-12-11/h3-4,7,9H,2,5-6,8H2,1H3,(H,12,13). The van der Waals surface area contributed by atoms with Crippen LogP contribution in [0.5, 0.6) is 0 Å². The first-order chi connectivity index (χ1) is 6.84. The molecule has 76 valence electrons. The van der Waals surface area contributed by atoms with Crippen LogP contribution in [0.3, 0.4) is 0 Å². The fourth-order valence-electron chi connectivity index (χ4n) is 1.72. The second-order valence-corrected chi connectivity index (χ2v) is 4.79. The van der Waals surface area contributed by atoms with Crippen LogP contribution >= 0.6 is 11.3 Å². The molecule has 14 heavy (non-hydrogen) atoms. The molecule has 2 heterocycles. The van der Waals surface area contributed by atoms with Gasteiger partial charge in [0.25, 0.3) is 0 Å². The zero-order valence-corrected chi connectivity index (χ0v) is 9.31. The number of hydrogen-bond donors (Lipinski definition) is 1. The minimum atomic E-state index is 0.505. The number of hydrogen-bond acceptors (Lipinski definition) is 3. The van der Waals surface area contributed by atoms with Crippen LogP contribution in [0.2, 0.25) is 0 Å². The first-order valence-electron chi connectivity index (χ1n) is 5.17. The number of rotatable bonds is 3. The van der Waals surface area contributed by atoms with Gasteiger partial charge in [-0.2, -0.15) is 0 Å². The first kappa shape index (κ1) is 9.71. The lowest BCUT2D eigenvalue weighted by Crippen LogP contribution is -2.32. The van der Waals surface area contributed by atoms with Gasteiger partial charge < -0.3 is 5.32 Å². The Morgan fingerprint density at radius 2 is 2.57 bits per heavy atom. The summed E-state index contributed by atoms with van der Waals surface area (Å²) in [6.07, 6.45) is 3.46. The van der Waals surface area contributed by atoms with E-state index in [1.165, 1.54) is 17.1 Å². The Hall–Kier alpha value is -0.830. The molecule has 1 aromatic heterocycles. The van der Waals surface area contributed by atoms with E-state index in [4.69, 9.17) is 0 Å². The Morgan fingerprint density at radius 3 is 3.21 bits per heavy atom. The lowest BCUT2D eigenvalue weighted by atomic mass is 10.2. The second kappa shape index (κ2) is 4.60. The third-order valence-corrected chi connectivity index (χ3v) is 3.27. The van der Waals surface area contributed by atoms with E-state index < -0.39 is 0 Å². The number of amidine groups is 1. The Labute approximate surface area is 89.1 Å². The highest BCUT2D eigenvalue weighted by Gasteiger charge is 2.10. The van der Waals surface area contributed by atoms with Gasteiger partial charge in [0.1, 0.15) is 0 Å². The van der Waals surface area contributed by atoms with Crippen LogP contribution in [0, 0.1) is 0 Å². The molecule has 1 atom stereocenters. The molecule has 1 aliphatic heterocycles. The Bertz CT molecular complexity index is 303. The average molecular weight is 208 g/mol. The van der Waals surface area contributed by atoms with Crippen molar-refractivity contribution in [1.82, 2.24) is 5.32 Å². The SMILES string of the molecule is CC(Cc1cccs1)NC1=NCCC1. The Kier molecular flexibility index (Phi) is 3.19. The maximum atomic E-state index is 4.41. The maximum Gasteiger partial charge on any atom is 0.0965 e. The normalized spacial score (nSPS) is 17.9. The summed E-state index contributed by atoms with van der Waals surface area (Å²) in [5.74, 6) is 1.20. The van der Waals surface area contributed by atoms with Gasteiger partial charge in [-0.15, -0.1) is 11.3 Å². The van der Waals surface area contributed by atoms with Gasteiger partial charge in [0.15, 0.2) is 0 Å². The molecule has 0 radical (unpaired) electrons. The van der Waals surface area contributed by atoms with E-state index in [1.807, 2.05) is 11.3 Å². The molecular weight excluding hydrogens is 192 g/mol.